The van der Waals surface area contributed by atoms with Crippen LogP contribution in [0.25, 0.3) is 0 Å². The third kappa shape index (κ3) is 4.75. The molecule has 5 heteroatoms. The Kier molecular flexibility index (Phi) is 6.69. The van der Waals surface area contributed by atoms with E-state index in [0.717, 1.165) is 49.9 Å². The smallest absolute Gasteiger partial charge is 0.228 e. The van der Waals surface area contributed by atoms with Crippen molar-refractivity contribution >= 4 is 17.5 Å². The summed E-state index contributed by atoms with van der Waals surface area (Å²) in [6.07, 6.45) is 5.11. The summed E-state index contributed by atoms with van der Waals surface area (Å²) in [5, 5.41) is 7.04. The van der Waals surface area contributed by atoms with Crippen molar-refractivity contribution in [3.63, 3.8) is 0 Å². The largest absolute Gasteiger partial charge is 0.378 e. The first kappa shape index (κ1) is 23.8. The average molecular weight is 494 g/mol. The van der Waals surface area contributed by atoms with Crippen molar-refractivity contribution < 1.29 is 9.59 Å². The predicted molar refractivity (Wildman–Crippen MR) is 146 cm³/mol. The molecule has 3 aliphatic rings. The molecule has 1 saturated heterocycles. The summed E-state index contributed by atoms with van der Waals surface area (Å²) in [6.45, 7) is 0.759. The molecular formula is C32H35N3O2. The van der Waals surface area contributed by atoms with Crippen LogP contribution >= 0.6 is 0 Å². The Bertz CT molecular complexity index is 1250. The standard InChI is InChI=1S/C32H35N3O2/c36-29(21-22-11-3-1-4-12-22)33-28-18-10-8-16-25(28)32(37)35-20-19-26-30(23-13-5-2-6-14-23)34-27-17-9-7-15-24(27)31(26)35/h1-7,9,11-15,17,25-26,28,30-31,34H,8,10,16,18-21H2,(H,33,36)/t25-,26+,28+,30-,31-/m0/s1. The number of para-hydroxylation sites is 1. The molecule has 0 aromatic heterocycles. The molecule has 2 amide bonds. The highest BCUT2D eigenvalue weighted by Gasteiger charge is 2.48. The monoisotopic (exact) mass is 493 g/mol. The lowest BCUT2D eigenvalue weighted by atomic mass is 9.79. The molecule has 5 nitrogen and oxygen atoms in total. The number of rotatable bonds is 5. The lowest BCUT2D eigenvalue weighted by Gasteiger charge is -2.42. The van der Waals surface area contributed by atoms with Crippen LogP contribution in [0.5, 0.6) is 0 Å². The molecule has 0 radical (unpaired) electrons. The van der Waals surface area contributed by atoms with Gasteiger partial charge in [-0.3, -0.25) is 9.59 Å². The van der Waals surface area contributed by atoms with Gasteiger partial charge < -0.3 is 15.5 Å². The van der Waals surface area contributed by atoms with Gasteiger partial charge in [0.1, 0.15) is 0 Å². The number of hydrogen-bond acceptors (Lipinski definition) is 3. The Hall–Kier alpha value is -3.60. The van der Waals surface area contributed by atoms with Gasteiger partial charge in [0.15, 0.2) is 0 Å². The van der Waals surface area contributed by atoms with Crippen molar-refractivity contribution in [1.29, 1.82) is 0 Å². The average Bonchev–Trinajstić information content (AvgIpc) is 3.39. The fourth-order valence-electron chi connectivity index (χ4n) is 6.81. The van der Waals surface area contributed by atoms with Crippen LogP contribution in [0.15, 0.2) is 84.9 Å². The molecule has 2 N–H and O–H groups in total. The molecule has 1 aliphatic carbocycles. The van der Waals surface area contributed by atoms with Gasteiger partial charge in [-0.1, -0.05) is 91.7 Å². The van der Waals surface area contributed by atoms with Gasteiger partial charge >= 0.3 is 0 Å². The fourth-order valence-corrected chi connectivity index (χ4v) is 6.81. The van der Waals surface area contributed by atoms with Crippen LogP contribution in [0.4, 0.5) is 5.69 Å². The lowest BCUT2D eigenvalue weighted by molar-refractivity contribution is -0.139. The minimum atomic E-state index is -0.163. The van der Waals surface area contributed by atoms with Crippen molar-refractivity contribution in [2.45, 2.75) is 56.7 Å². The number of carbonyl (C=O) groups is 2. The maximum atomic E-state index is 14.2. The highest BCUT2D eigenvalue weighted by molar-refractivity contribution is 5.83. The van der Waals surface area contributed by atoms with Gasteiger partial charge in [0.05, 0.1) is 24.4 Å². The Morgan fingerprint density at radius 3 is 2.35 bits per heavy atom. The van der Waals surface area contributed by atoms with E-state index >= 15 is 0 Å². The van der Waals surface area contributed by atoms with Gasteiger partial charge in [0.2, 0.25) is 11.8 Å². The van der Waals surface area contributed by atoms with Gasteiger partial charge in [-0.2, -0.15) is 0 Å². The minimum Gasteiger partial charge on any atom is -0.378 e. The van der Waals surface area contributed by atoms with Gasteiger partial charge in [-0.25, -0.2) is 0 Å². The van der Waals surface area contributed by atoms with Gasteiger partial charge in [0, 0.05) is 24.2 Å². The zero-order chi connectivity index (χ0) is 25.2. The van der Waals surface area contributed by atoms with E-state index in [9.17, 15) is 9.59 Å². The highest BCUT2D eigenvalue weighted by Crippen LogP contribution is 2.51. The summed E-state index contributed by atoms with van der Waals surface area (Å²) in [6, 6.07) is 29.0. The number of nitrogens with one attached hydrogen (secondary N) is 2. The molecule has 6 rings (SSSR count). The molecule has 1 saturated carbocycles. The first-order valence-corrected chi connectivity index (χ1v) is 13.7. The second-order valence-electron chi connectivity index (χ2n) is 10.8. The summed E-state index contributed by atoms with van der Waals surface area (Å²) < 4.78 is 0. The normalized spacial score (nSPS) is 26.5. The maximum absolute atomic E-state index is 14.2. The Labute approximate surface area is 219 Å². The highest BCUT2D eigenvalue weighted by atomic mass is 16.2. The van der Waals surface area contributed by atoms with Crippen molar-refractivity contribution in [2.24, 2.45) is 11.8 Å². The molecule has 5 atom stereocenters. The van der Waals surface area contributed by atoms with Crippen LogP contribution in [-0.2, 0) is 16.0 Å². The van der Waals surface area contributed by atoms with Crippen molar-refractivity contribution in [3.05, 3.63) is 102 Å². The molecular weight excluding hydrogens is 458 g/mol. The molecule has 3 aromatic carbocycles. The van der Waals surface area contributed by atoms with E-state index in [4.69, 9.17) is 0 Å². The van der Waals surface area contributed by atoms with E-state index in [-0.39, 0.29) is 35.9 Å². The second kappa shape index (κ2) is 10.4. The van der Waals surface area contributed by atoms with Gasteiger partial charge in [-0.15, -0.1) is 0 Å². The molecule has 3 aromatic rings. The number of anilines is 1. The first-order chi connectivity index (χ1) is 18.2. The fraction of sp³-hybridized carbons (Fsp3) is 0.375. The van der Waals surface area contributed by atoms with E-state index in [1.807, 2.05) is 30.3 Å². The zero-order valence-electron chi connectivity index (χ0n) is 21.2. The minimum absolute atomic E-state index is 0.00607. The SMILES string of the molecule is O=C(Cc1ccccc1)N[C@@H]1CCCC[C@@H]1C(=O)N1CC[C@@H]2[C@H](c3ccccc3)Nc3ccccc3[C@@H]21. The van der Waals surface area contributed by atoms with Crippen molar-refractivity contribution in [3.8, 4) is 0 Å². The number of carbonyl (C=O) groups excluding carboxylic acids is 2. The lowest BCUT2D eigenvalue weighted by Crippen LogP contribution is -2.50. The zero-order valence-corrected chi connectivity index (χ0v) is 21.2. The maximum Gasteiger partial charge on any atom is 0.228 e. The van der Waals surface area contributed by atoms with Crippen LogP contribution in [0, 0.1) is 11.8 Å². The van der Waals surface area contributed by atoms with E-state index in [1.165, 1.54) is 11.1 Å². The number of fused-ring (bicyclic) bond motifs is 3. The number of hydrogen-bond donors (Lipinski definition) is 2. The summed E-state index contributed by atoms with van der Waals surface area (Å²) >= 11 is 0. The van der Waals surface area contributed by atoms with E-state index < -0.39 is 0 Å². The van der Waals surface area contributed by atoms with Crippen LogP contribution in [0.2, 0.25) is 0 Å². The third-order valence-electron chi connectivity index (χ3n) is 8.54. The van der Waals surface area contributed by atoms with Crippen LogP contribution < -0.4 is 10.6 Å². The van der Waals surface area contributed by atoms with Gasteiger partial charge in [0.25, 0.3) is 0 Å². The number of amides is 2. The summed E-state index contributed by atoms with van der Waals surface area (Å²) in [7, 11) is 0. The Morgan fingerprint density at radius 2 is 1.54 bits per heavy atom. The molecule has 2 fully saturated rings. The summed E-state index contributed by atoms with van der Waals surface area (Å²) in [4.78, 5) is 29.3. The number of likely N-dealkylation sites (tertiary alicyclic amines) is 1. The van der Waals surface area contributed by atoms with E-state index in [0.29, 0.717) is 12.3 Å². The Balaban J connectivity index is 1.24. The second-order valence-corrected chi connectivity index (χ2v) is 10.8. The predicted octanol–water partition coefficient (Wildman–Crippen LogP) is 5.66. The molecule has 190 valence electrons. The van der Waals surface area contributed by atoms with Gasteiger partial charge in [-0.05, 0) is 42.0 Å². The molecule has 2 aliphatic heterocycles. The molecule has 37 heavy (non-hydrogen) atoms. The third-order valence-corrected chi connectivity index (χ3v) is 8.54. The molecule has 0 bridgehead atoms. The van der Waals surface area contributed by atoms with Crippen LogP contribution in [0.3, 0.4) is 0 Å². The van der Waals surface area contributed by atoms with Crippen molar-refractivity contribution in [2.75, 3.05) is 11.9 Å². The summed E-state index contributed by atoms with van der Waals surface area (Å²) in [5.74, 6) is 0.368. The summed E-state index contributed by atoms with van der Waals surface area (Å²) in [5.41, 5.74) is 4.60. The first-order valence-electron chi connectivity index (χ1n) is 13.7. The number of benzene rings is 3. The van der Waals surface area contributed by atoms with Crippen LogP contribution in [-0.4, -0.2) is 29.3 Å². The molecule has 0 unspecified atom stereocenters. The van der Waals surface area contributed by atoms with E-state index in [1.54, 1.807) is 0 Å². The topological polar surface area (TPSA) is 61.4 Å². The quantitative estimate of drug-likeness (QED) is 0.482. The van der Waals surface area contributed by atoms with E-state index in [2.05, 4.69) is 70.1 Å². The molecule has 0 spiro atoms. The number of nitrogens with zero attached hydrogens (tertiary/aromatic N) is 1. The van der Waals surface area contributed by atoms with Crippen molar-refractivity contribution in [1.82, 2.24) is 10.2 Å². The van der Waals surface area contributed by atoms with Crippen LogP contribution in [0.1, 0.15) is 60.9 Å². The Morgan fingerprint density at radius 1 is 0.838 bits per heavy atom. The molecule has 2 heterocycles.